The molecule has 2 aliphatic rings. The van der Waals surface area contributed by atoms with E-state index in [4.69, 9.17) is 9.47 Å². The lowest BCUT2D eigenvalue weighted by Crippen LogP contribution is -2.42. The summed E-state index contributed by atoms with van der Waals surface area (Å²) in [5, 5.41) is 8.05. The molecule has 8 nitrogen and oxygen atoms in total. The van der Waals surface area contributed by atoms with Crippen molar-refractivity contribution in [2.24, 2.45) is 0 Å². The van der Waals surface area contributed by atoms with Gasteiger partial charge in [-0.2, -0.15) is 5.10 Å². The largest absolute Gasteiger partial charge is 0.497 e. The Kier molecular flexibility index (Phi) is 6.66. The van der Waals surface area contributed by atoms with Gasteiger partial charge in [-0.15, -0.1) is 0 Å². The van der Waals surface area contributed by atoms with Gasteiger partial charge in [0.25, 0.3) is 0 Å². The highest BCUT2D eigenvalue weighted by atomic mass is 32.2. The van der Waals surface area contributed by atoms with E-state index in [0.29, 0.717) is 13.0 Å². The Morgan fingerprint density at radius 3 is 2.65 bits per heavy atom. The van der Waals surface area contributed by atoms with Crippen LogP contribution in [0.2, 0.25) is 0 Å². The molecule has 3 heterocycles. The van der Waals surface area contributed by atoms with E-state index < -0.39 is 15.4 Å². The third-order valence-electron chi connectivity index (χ3n) is 6.33. The molecule has 0 aliphatic carbocycles. The van der Waals surface area contributed by atoms with Crippen LogP contribution in [-0.2, 0) is 26.7 Å². The molecule has 0 unspecified atom stereocenters. The van der Waals surface area contributed by atoms with Crippen LogP contribution in [0.1, 0.15) is 30.5 Å². The van der Waals surface area contributed by atoms with E-state index in [1.165, 1.54) is 5.56 Å². The molecule has 2 atom stereocenters. The van der Waals surface area contributed by atoms with E-state index >= 15 is 0 Å². The van der Waals surface area contributed by atoms with Crippen LogP contribution in [0.4, 0.5) is 0 Å². The van der Waals surface area contributed by atoms with Crippen LogP contribution in [-0.4, -0.2) is 74.6 Å². The first-order valence-corrected chi connectivity index (χ1v) is 12.6. The van der Waals surface area contributed by atoms with Crippen molar-refractivity contribution in [1.82, 2.24) is 20.0 Å². The number of ether oxygens (including phenoxy) is 2. The highest BCUT2D eigenvalue weighted by Gasteiger charge is 2.40. The van der Waals surface area contributed by atoms with Crippen LogP contribution in [0.25, 0.3) is 0 Å². The van der Waals surface area contributed by atoms with Gasteiger partial charge in [0.15, 0.2) is 9.84 Å². The van der Waals surface area contributed by atoms with Crippen molar-refractivity contribution in [1.29, 1.82) is 0 Å². The molecule has 0 bridgehead atoms. The fraction of sp³-hybridized carbons (Fsp3) is 0.591. The predicted molar refractivity (Wildman–Crippen MR) is 119 cm³/mol. The minimum atomic E-state index is -2.97. The number of rotatable bonds is 8. The lowest BCUT2D eigenvalue weighted by molar-refractivity contribution is 0.0161. The Bertz CT molecular complexity index is 970. The van der Waals surface area contributed by atoms with Crippen molar-refractivity contribution < 1.29 is 17.9 Å². The molecule has 1 N–H and O–H groups in total. The molecular weight excluding hydrogens is 416 g/mol. The van der Waals surface area contributed by atoms with Gasteiger partial charge < -0.3 is 14.8 Å². The first-order chi connectivity index (χ1) is 14.9. The van der Waals surface area contributed by atoms with Crippen molar-refractivity contribution in [2.75, 3.05) is 51.5 Å². The molecule has 9 heteroatoms. The maximum atomic E-state index is 11.9. The third kappa shape index (κ3) is 5.28. The second kappa shape index (κ2) is 9.28. The van der Waals surface area contributed by atoms with E-state index in [1.807, 2.05) is 36.1 Å². The molecule has 1 aromatic heterocycles. The average molecular weight is 449 g/mol. The van der Waals surface area contributed by atoms with Crippen molar-refractivity contribution in [3.05, 3.63) is 47.8 Å². The summed E-state index contributed by atoms with van der Waals surface area (Å²) < 4.78 is 36.5. The quantitative estimate of drug-likeness (QED) is 0.656. The van der Waals surface area contributed by atoms with E-state index in [0.717, 1.165) is 44.2 Å². The van der Waals surface area contributed by atoms with Crippen molar-refractivity contribution >= 4 is 9.84 Å². The number of morpholine rings is 1. The van der Waals surface area contributed by atoms with Gasteiger partial charge in [-0.05, 0) is 31.0 Å². The molecule has 0 amide bonds. The van der Waals surface area contributed by atoms with Gasteiger partial charge in [-0.1, -0.05) is 12.1 Å². The normalized spacial score (nSPS) is 24.8. The minimum Gasteiger partial charge on any atom is -0.497 e. The standard InChI is InChI=1S/C22H32N4O4S/c1-22(7-12-31(27,28)17-22)26-16-18(14-24-26)13-23-15-21(25-8-10-30-11-9-25)19-3-5-20(29-2)6-4-19/h3-6,14,16,21,23H,7-13,15,17H2,1-2H3/t21-,22+/m0/s1. The SMILES string of the molecule is COc1ccc([C@H](CNCc2cnn([C@]3(C)CCS(=O)(=O)C3)c2)N2CCOCC2)cc1. The van der Waals surface area contributed by atoms with Gasteiger partial charge in [-0.25, -0.2) is 8.42 Å². The second-order valence-corrected chi connectivity index (χ2v) is 10.9. The zero-order chi connectivity index (χ0) is 21.9. The highest BCUT2D eigenvalue weighted by molar-refractivity contribution is 7.91. The summed E-state index contributed by atoms with van der Waals surface area (Å²) in [5.41, 5.74) is 1.85. The lowest BCUT2D eigenvalue weighted by Gasteiger charge is -2.35. The summed E-state index contributed by atoms with van der Waals surface area (Å²) in [6.45, 7) is 6.76. The number of benzene rings is 1. The summed E-state index contributed by atoms with van der Waals surface area (Å²) in [7, 11) is -1.29. The number of methoxy groups -OCH3 is 1. The van der Waals surface area contributed by atoms with Crippen LogP contribution in [0.15, 0.2) is 36.7 Å². The Balaban J connectivity index is 1.40. The second-order valence-electron chi connectivity index (χ2n) is 8.70. The van der Waals surface area contributed by atoms with Crippen LogP contribution < -0.4 is 10.1 Å². The molecule has 4 rings (SSSR count). The van der Waals surface area contributed by atoms with E-state index in [-0.39, 0.29) is 17.5 Å². The molecule has 0 radical (unpaired) electrons. The fourth-order valence-corrected chi connectivity index (χ4v) is 6.57. The minimum absolute atomic E-state index is 0.158. The number of nitrogens with zero attached hydrogens (tertiary/aromatic N) is 3. The summed E-state index contributed by atoms with van der Waals surface area (Å²) >= 11 is 0. The predicted octanol–water partition coefficient (Wildman–Crippen LogP) is 1.59. The molecule has 1 aromatic carbocycles. The Morgan fingerprint density at radius 1 is 1.26 bits per heavy atom. The maximum absolute atomic E-state index is 11.9. The Labute approximate surface area is 184 Å². The summed E-state index contributed by atoms with van der Waals surface area (Å²) in [4.78, 5) is 2.45. The molecule has 0 spiro atoms. The van der Waals surface area contributed by atoms with Gasteiger partial charge in [0.05, 0.1) is 43.6 Å². The molecule has 170 valence electrons. The summed E-state index contributed by atoms with van der Waals surface area (Å²) in [6.07, 6.45) is 4.42. The Morgan fingerprint density at radius 2 is 2.00 bits per heavy atom. The van der Waals surface area contributed by atoms with Gasteiger partial charge in [0.1, 0.15) is 5.75 Å². The number of hydrogen-bond acceptors (Lipinski definition) is 7. The topological polar surface area (TPSA) is 85.7 Å². The number of aromatic nitrogens is 2. The first-order valence-electron chi connectivity index (χ1n) is 10.8. The molecule has 2 aromatic rings. The zero-order valence-corrected chi connectivity index (χ0v) is 19.1. The fourth-order valence-electron chi connectivity index (χ4n) is 4.45. The smallest absolute Gasteiger partial charge is 0.152 e. The van der Waals surface area contributed by atoms with Gasteiger partial charge in [-0.3, -0.25) is 9.58 Å². The lowest BCUT2D eigenvalue weighted by atomic mass is 10.0. The van der Waals surface area contributed by atoms with Crippen molar-refractivity contribution in [3.63, 3.8) is 0 Å². The molecule has 31 heavy (non-hydrogen) atoms. The van der Waals surface area contributed by atoms with Crippen molar-refractivity contribution in [2.45, 2.75) is 31.5 Å². The maximum Gasteiger partial charge on any atom is 0.152 e. The highest BCUT2D eigenvalue weighted by Crippen LogP contribution is 2.30. The zero-order valence-electron chi connectivity index (χ0n) is 18.3. The van der Waals surface area contributed by atoms with E-state index in [1.54, 1.807) is 7.11 Å². The van der Waals surface area contributed by atoms with Gasteiger partial charge in [0.2, 0.25) is 0 Å². The van der Waals surface area contributed by atoms with E-state index in [2.05, 4.69) is 27.4 Å². The number of sulfone groups is 1. The van der Waals surface area contributed by atoms with Crippen LogP contribution in [0.5, 0.6) is 5.75 Å². The van der Waals surface area contributed by atoms with Gasteiger partial charge in [0, 0.05) is 44.0 Å². The van der Waals surface area contributed by atoms with Crippen LogP contribution in [0, 0.1) is 0 Å². The molecule has 2 saturated heterocycles. The number of nitrogens with one attached hydrogen (secondary N) is 1. The molecular formula is C22H32N4O4S. The van der Waals surface area contributed by atoms with E-state index in [9.17, 15) is 8.42 Å². The first kappa shape index (κ1) is 22.3. The molecule has 2 aliphatic heterocycles. The van der Waals surface area contributed by atoms with Crippen LogP contribution >= 0.6 is 0 Å². The average Bonchev–Trinajstić information content (AvgIpc) is 3.37. The Hall–Kier alpha value is -1.94. The summed E-state index contributed by atoms with van der Waals surface area (Å²) in [5.74, 6) is 1.25. The van der Waals surface area contributed by atoms with Crippen molar-refractivity contribution in [3.8, 4) is 5.75 Å². The molecule has 2 fully saturated rings. The van der Waals surface area contributed by atoms with Gasteiger partial charge >= 0.3 is 0 Å². The monoisotopic (exact) mass is 448 g/mol. The van der Waals surface area contributed by atoms with Crippen LogP contribution in [0.3, 0.4) is 0 Å². The summed E-state index contributed by atoms with van der Waals surface area (Å²) in [6, 6.07) is 8.49. The molecule has 0 saturated carbocycles. The number of hydrogen-bond donors (Lipinski definition) is 1. The third-order valence-corrected chi connectivity index (χ3v) is 8.21.